The molecule has 0 atom stereocenters. The maximum Gasteiger partial charge on any atom is 0.325 e. The number of hydrogen-bond acceptors (Lipinski definition) is 4. The maximum absolute atomic E-state index is 11.8. The van der Waals surface area contributed by atoms with Crippen molar-refractivity contribution in [1.29, 1.82) is 0 Å². The van der Waals surface area contributed by atoms with Crippen LogP contribution in [0.2, 0.25) is 0 Å². The number of halogens is 1. The lowest BCUT2D eigenvalue weighted by molar-refractivity contribution is -0.121. The van der Waals surface area contributed by atoms with E-state index >= 15 is 0 Å². The molecule has 2 aromatic carbocycles. The average Bonchev–Trinajstić information content (AvgIpc) is 2.56. The van der Waals surface area contributed by atoms with Crippen LogP contribution in [0.5, 0.6) is 5.75 Å². The Kier molecular flexibility index (Phi) is 6.30. The van der Waals surface area contributed by atoms with Gasteiger partial charge in [0.2, 0.25) is 0 Å². The van der Waals surface area contributed by atoms with Crippen LogP contribution in [0.25, 0.3) is 0 Å². The number of anilines is 1. The van der Waals surface area contributed by atoms with E-state index in [0.717, 1.165) is 15.6 Å². The van der Waals surface area contributed by atoms with Crippen LogP contribution in [-0.4, -0.2) is 24.8 Å². The van der Waals surface area contributed by atoms with Crippen LogP contribution in [0.15, 0.2) is 40.9 Å². The largest absolute Gasteiger partial charge is 0.483 e. The fraction of sp³-hybridized carbons (Fsp3) is 0.167. The predicted molar refractivity (Wildman–Crippen MR) is 98.1 cm³/mol. The normalized spacial score (nSPS) is 10.0. The lowest BCUT2D eigenvalue weighted by Crippen LogP contribution is -2.37. The maximum atomic E-state index is 11.8. The van der Waals surface area contributed by atoms with Gasteiger partial charge < -0.3 is 10.1 Å². The number of ether oxygens (including phenoxy) is 1. The smallest absolute Gasteiger partial charge is 0.325 e. The van der Waals surface area contributed by atoms with Crippen molar-refractivity contribution in [3.8, 4) is 5.75 Å². The molecule has 3 amide bonds. The molecule has 7 heteroatoms. The first-order valence-electron chi connectivity index (χ1n) is 7.44. The van der Waals surface area contributed by atoms with Crippen molar-refractivity contribution < 1.29 is 19.1 Å². The number of aldehydes is 1. The molecule has 0 saturated carbocycles. The number of hydrogen-bond donors (Lipinski definition) is 2. The average molecular weight is 405 g/mol. The Bertz CT molecular complexity index is 821. The van der Waals surface area contributed by atoms with E-state index < -0.39 is 11.9 Å². The standard InChI is InChI=1S/C18H17BrN2O4/c1-11-3-5-15(7-12(11)2)20-18(24)21-17(23)10-25-16-6-4-14(19)8-13(16)9-22/h3-9H,10H2,1-2H3,(H2,20,21,23,24). The second kappa shape index (κ2) is 8.43. The molecule has 2 aromatic rings. The summed E-state index contributed by atoms with van der Waals surface area (Å²) in [5, 5.41) is 4.75. The minimum atomic E-state index is -0.650. The summed E-state index contributed by atoms with van der Waals surface area (Å²) < 4.78 is 6.01. The summed E-state index contributed by atoms with van der Waals surface area (Å²) in [7, 11) is 0. The number of carbonyl (C=O) groups excluding carboxylic acids is 3. The highest BCUT2D eigenvalue weighted by atomic mass is 79.9. The van der Waals surface area contributed by atoms with Gasteiger partial charge in [0.1, 0.15) is 5.75 Å². The SMILES string of the molecule is Cc1ccc(NC(=O)NC(=O)COc2ccc(Br)cc2C=O)cc1C. The minimum absolute atomic E-state index is 0.267. The second-order valence-electron chi connectivity index (χ2n) is 5.39. The minimum Gasteiger partial charge on any atom is -0.483 e. The van der Waals surface area contributed by atoms with Crippen molar-refractivity contribution in [2.45, 2.75) is 13.8 Å². The third-order valence-corrected chi connectivity index (χ3v) is 3.97. The predicted octanol–water partition coefficient (Wildman–Crippen LogP) is 3.61. The molecule has 25 heavy (non-hydrogen) atoms. The van der Waals surface area contributed by atoms with Crippen molar-refractivity contribution >= 4 is 39.8 Å². The van der Waals surface area contributed by atoms with Gasteiger partial charge in [-0.25, -0.2) is 4.79 Å². The Morgan fingerprint density at radius 3 is 2.56 bits per heavy atom. The van der Waals surface area contributed by atoms with Crippen LogP contribution in [0.3, 0.4) is 0 Å². The van der Waals surface area contributed by atoms with Crippen molar-refractivity contribution in [1.82, 2.24) is 5.32 Å². The highest BCUT2D eigenvalue weighted by molar-refractivity contribution is 9.10. The second-order valence-corrected chi connectivity index (χ2v) is 6.31. The number of rotatable bonds is 5. The van der Waals surface area contributed by atoms with Crippen molar-refractivity contribution in [2.24, 2.45) is 0 Å². The molecule has 0 radical (unpaired) electrons. The van der Waals surface area contributed by atoms with E-state index in [-0.39, 0.29) is 12.4 Å². The Balaban J connectivity index is 1.88. The first-order valence-corrected chi connectivity index (χ1v) is 8.24. The Morgan fingerprint density at radius 1 is 1.12 bits per heavy atom. The zero-order valence-corrected chi connectivity index (χ0v) is 15.3. The summed E-state index contributed by atoms with van der Waals surface area (Å²) in [6, 6.07) is 9.62. The first kappa shape index (κ1) is 18.7. The lowest BCUT2D eigenvalue weighted by Gasteiger charge is -2.10. The monoisotopic (exact) mass is 404 g/mol. The summed E-state index contributed by atoms with van der Waals surface area (Å²) in [5.74, 6) is -0.357. The Labute approximate surface area is 153 Å². The third kappa shape index (κ3) is 5.42. The van der Waals surface area contributed by atoms with Crippen LogP contribution in [-0.2, 0) is 4.79 Å². The molecule has 2 N–H and O–H groups in total. The van der Waals surface area contributed by atoms with Crippen LogP contribution in [0, 0.1) is 13.8 Å². The van der Waals surface area contributed by atoms with Gasteiger partial charge >= 0.3 is 6.03 Å². The van der Waals surface area contributed by atoms with Crippen LogP contribution in [0.4, 0.5) is 10.5 Å². The number of nitrogens with one attached hydrogen (secondary N) is 2. The van der Waals surface area contributed by atoms with Gasteiger partial charge in [-0.1, -0.05) is 22.0 Å². The van der Waals surface area contributed by atoms with Gasteiger partial charge in [-0.2, -0.15) is 0 Å². The van der Waals surface area contributed by atoms with Crippen LogP contribution in [0.1, 0.15) is 21.5 Å². The summed E-state index contributed by atoms with van der Waals surface area (Å²) in [5.41, 5.74) is 3.03. The Morgan fingerprint density at radius 2 is 1.88 bits per heavy atom. The molecule has 0 aliphatic carbocycles. The molecule has 0 aromatic heterocycles. The number of benzene rings is 2. The van der Waals surface area contributed by atoms with E-state index in [0.29, 0.717) is 17.5 Å². The summed E-state index contributed by atoms with van der Waals surface area (Å²) in [6.45, 7) is 3.51. The molecule has 0 aliphatic heterocycles. The van der Waals surface area contributed by atoms with E-state index in [1.165, 1.54) is 0 Å². The highest BCUT2D eigenvalue weighted by Crippen LogP contribution is 2.21. The molecule has 0 unspecified atom stereocenters. The van der Waals surface area contributed by atoms with Gasteiger partial charge in [0, 0.05) is 10.2 Å². The lowest BCUT2D eigenvalue weighted by atomic mass is 10.1. The molecular weight excluding hydrogens is 388 g/mol. The number of carbonyl (C=O) groups is 3. The van der Waals surface area contributed by atoms with E-state index in [9.17, 15) is 14.4 Å². The summed E-state index contributed by atoms with van der Waals surface area (Å²) >= 11 is 3.24. The van der Waals surface area contributed by atoms with E-state index in [1.54, 1.807) is 24.3 Å². The van der Waals surface area contributed by atoms with Gasteiger partial charge in [-0.05, 0) is 55.3 Å². The highest BCUT2D eigenvalue weighted by Gasteiger charge is 2.11. The number of aryl methyl sites for hydroxylation is 2. The molecule has 0 aliphatic rings. The number of amides is 3. The first-order chi connectivity index (χ1) is 11.9. The van der Waals surface area contributed by atoms with Crippen molar-refractivity contribution in [2.75, 3.05) is 11.9 Å². The summed E-state index contributed by atoms with van der Waals surface area (Å²) in [6.07, 6.45) is 0.629. The van der Waals surface area contributed by atoms with Crippen molar-refractivity contribution in [3.63, 3.8) is 0 Å². The molecule has 0 bridgehead atoms. The van der Waals surface area contributed by atoms with Crippen LogP contribution < -0.4 is 15.4 Å². The Hall–Kier alpha value is -2.67. The van der Waals surface area contributed by atoms with Gasteiger partial charge in [-0.15, -0.1) is 0 Å². The fourth-order valence-corrected chi connectivity index (χ4v) is 2.41. The molecule has 130 valence electrons. The van der Waals surface area contributed by atoms with E-state index in [1.807, 2.05) is 26.0 Å². The van der Waals surface area contributed by atoms with E-state index in [2.05, 4.69) is 26.6 Å². The topological polar surface area (TPSA) is 84.5 Å². The summed E-state index contributed by atoms with van der Waals surface area (Å²) in [4.78, 5) is 34.6. The number of imide groups is 1. The quantitative estimate of drug-likeness (QED) is 0.745. The van der Waals surface area contributed by atoms with Crippen molar-refractivity contribution in [3.05, 3.63) is 57.6 Å². The van der Waals surface area contributed by atoms with Gasteiger partial charge in [-0.3, -0.25) is 14.9 Å². The van der Waals surface area contributed by atoms with Gasteiger partial charge in [0.25, 0.3) is 5.91 Å². The molecular formula is C18H17BrN2O4. The molecule has 0 spiro atoms. The van der Waals surface area contributed by atoms with Gasteiger partial charge in [0.05, 0.1) is 5.56 Å². The zero-order valence-electron chi connectivity index (χ0n) is 13.8. The van der Waals surface area contributed by atoms with Gasteiger partial charge in [0.15, 0.2) is 12.9 Å². The fourth-order valence-electron chi connectivity index (χ4n) is 2.03. The molecule has 0 saturated heterocycles. The zero-order chi connectivity index (χ0) is 18.4. The molecule has 0 fully saturated rings. The molecule has 0 heterocycles. The van der Waals surface area contributed by atoms with Crippen LogP contribution >= 0.6 is 15.9 Å². The third-order valence-electron chi connectivity index (χ3n) is 3.48. The molecule has 6 nitrogen and oxygen atoms in total. The van der Waals surface area contributed by atoms with E-state index in [4.69, 9.17) is 4.74 Å². The number of urea groups is 1. The molecule has 2 rings (SSSR count).